The number of nitrogens with one attached hydrogen (secondary N) is 1. The van der Waals surface area contributed by atoms with Crippen LogP contribution >= 0.6 is 0 Å². The Bertz CT molecular complexity index is 922. The number of ketones is 2. The van der Waals surface area contributed by atoms with Crippen molar-refractivity contribution in [3.05, 3.63) is 83.4 Å². The Labute approximate surface area is 159 Å². The fraction of sp³-hybridized carbons (Fsp3) is 0.261. The van der Waals surface area contributed by atoms with E-state index in [0.29, 0.717) is 11.1 Å². The second-order valence-electron chi connectivity index (χ2n) is 7.90. The van der Waals surface area contributed by atoms with E-state index in [1.165, 1.54) is 12.2 Å². The topological polar surface area (TPSA) is 63.2 Å². The third-order valence-corrected chi connectivity index (χ3v) is 4.61. The van der Waals surface area contributed by atoms with Gasteiger partial charge in [0.25, 0.3) is 0 Å². The molecule has 1 aliphatic rings. The molecule has 138 valence electrons. The lowest BCUT2D eigenvalue weighted by molar-refractivity contribution is -0.127. The lowest BCUT2D eigenvalue weighted by atomic mass is 9.81. The Balaban J connectivity index is 2.00. The Morgan fingerprint density at radius 2 is 1.63 bits per heavy atom. The minimum atomic E-state index is -1.40. The third kappa shape index (κ3) is 3.75. The molecule has 1 amide bonds. The highest BCUT2D eigenvalue weighted by atomic mass is 16.2. The quantitative estimate of drug-likeness (QED) is 0.512. The summed E-state index contributed by atoms with van der Waals surface area (Å²) in [5.41, 5.74) is -0.0116. The fourth-order valence-electron chi connectivity index (χ4n) is 3.28. The molecule has 2 aromatic rings. The van der Waals surface area contributed by atoms with Gasteiger partial charge in [0, 0.05) is 16.7 Å². The van der Waals surface area contributed by atoms with E-state index in [1.54, 1.807) is 36.4 Å². The second-order valence-corrected chi connectivity index (χ2v) is 7.90. The second kappa shape index (κ2) is 6.95. The molecule has 0 radical (unpaired) electrons. The molecule has 1 N–H and O–H groups in total. The molecular formula is C23H23NO3. The molecular weight excluding hydrogens is 338 g/mol. The maximum absolute atomic E-state index is 13.2. The Morgan fingerprint density at radius 1 is 1.00 bits per heavy atom. The zero-order chi connectivity index (χ0) is 19.7. The number of Topliss-reactive ketones (excluding diaryl/α,β-unsaturated/α-hetero) is 1. The fourth-order valence-corrected chi connectivity index (χ4v) is 3.28. The number of carbonyl (C=O) groups is 3. The van der Waals surface area contributed by atoms with Crippen LogP contribution in [-0.4, -0.2) is 23.0 Å². The monoisotopic (exact) mass is 361 g/mol. The van der Waals surface area contributed by atoms with Gasteiger partial charge in [-0.05, 0) is 38.8 Å². The standard InChI is InChI=1S/C23H23NO3/c1-22(2,3)24-21(27)23(14-13-19(25)16-9-5-4-6-10-16)15-17-11-7-8-12-18(17)20(23)26/h4-14H,15H2,1-3H3,(H,24,27)/b14-13+. The molecule has 2 aromatic carbocycles. The van der Waals surface area contributed by atoms with Crippen LogP contribution in [0.5, 0.6) is 0 Å². The van der Waals surface area contributed by atoms with Gasteiger partial charge in [-0.2, -0.15) is 0 Å². The molecule has 0 fully saturated rings. The van der Waals surface area contributed by atoms with E-state index >= 15 is 0 Å². The van der Waals surface area contributed by atoms with E-state index in [0.717, 1.165) is 5.56 Å². The maximum Gasteiger partial charge on any atom is 0.238 e. The van der Waals surface area contributed by atoms with Crippen molar-refractivity contribution in [2.45, 2.75) is 32.7 Å². The summed E-state index contributed by atoms with van der Waals surface area (Å²) >= 11 is 0. The number of hydrogen-bond acceptors (Lipinski definition) is 3. The summed E-state index contributed by atoms with van der Waals surface area (Å²) in [5, 5.41) is 2.91. The van der Waals surface area contributed by atoms with Gasteiger partial charge in [0.15, 0.2) is 11.6 Å². The Morgan fingerprint density at radius 3 is 2.26 bits per heavy atom. The first-order valence-corrected chi connectivity index (χ1v) is 8.97. The van der Waals surface area contributed by atoms with Gasteiger partial charge in [0.2, 0.25) is 5.91 Å². The van der Waals surface area contributed by atoms with Crippen LogP contribution in [0.1, 0.15) is 47.1 Å². The van der Waals surface area contributed by atoms with Crippen LogP contribution in [0.15, 0.2) is 66.7 Å². The van der Waals surface area contributed by atoms with Crippen molar-refractivity contribution in [3.63, 3.8) is 0 Å². The smallest absolute Gasteiger partial charge is 0.238 e. The van der Waals surface area contributed by atoms with Crippen LogP contribution in [0, 0.1) is 5.41 Å². The summed E-state index contributed by atoms with van der Waals surface area (Å²) in [6.45, 7) is 5.60. The Hall–Kier alpha value is -3.01. The van der Waals surface area contributed by atoms with E-state index in [1.807, 2.05) is 39.0 Å². The van der Waals surface area contributed by atoms with Gasteiger partial charge in [0.1, 0.15) is 5.41 Å². The number of rotatable bonds is 4. The molecule has 0 saturated carbocycles. The molecule has 0 aliphatic heterocycles. The van der Waals surface area contributed by atoms with E-state index in [2.05, 4.69) is 5.32 Å². The van der Waals surface area contributed by atoms with E-state index in [-0.39, 0.29) is 23.9 Å². The van der Waals surface area contributed by atoms with Crippen LogP contribution < -0.4 is 5.32 Å². The lowest BCUT2D eigenvalue weighted by Crippen LogP contribution is -2.51. The van der Waals surface area contributed by atoms with Crippen molar-refractivity contribution < 1.29 is 14.4 Å². The van der Waals surface area contributed by atoms with Gasteiger partial charge < -0.3 is 5.32 Å². The van der Waals surface area contributed by atoms with E-state index in [9.17, 15) is 14.4 Å². The van der Waals surface area contributed by atoms with Gasteiger partial charge in [0.05, 0.1) is 0 Å². The highest BCUT2D eigenvalue weighted by Gasteiger charge is 2.50. The van der Waals surface area contributed by atoms with Crippen LogP contribution in [0.25, 0.3) is 0 Å². The zero-order valence-corrected chi connectivity index (χ0v) is 15.8. The first-order valence-electron chi connectivity index (χ1n) is 8.97. The summed E-state index contributed by atoms with van der Waals surface area (Å²) in [7, 11) is 0. The molecule has 0 aromatic heterocycles. The lowest BCUT2D eigenvalue weighted by Gasteiger charge is -2.29. The summed E-state index contributed by atoms with van der Waals surface area (Å²) < 4.78 is 0. The largest absolute Gasteiger partial charge is 0.350 e. The van der Waals surface area contributed by atoms with Gasteiger partial charge in [-0.3, -0.25) is 14.4 Å². The molecule has 3 rings (SSSR count). The number of benzene rings is 2. The molecule has 0 bridgehead atoms. The first kappa shape index (κ1) is 18.8. The summed E-state index contributed by atoms with van der Waals surface area (Å²) in [4.78, 5) is 38.8. The molecule has 4 nitrogen and oxygen atoms in total. The molecule has 0 heterocycles. The minimum absolute atomic E-state index is 0.234. The molecule has 1 aliphatic carbocycles. The molecule has 27 heavy (non-hydrogen) atoms. The highest BCUT2D eigenvalue weighted by Crippen LogP contribution is 2.39. The number of allylic oxidation sites excluding steroid dienone is 1. The first-order chi connectivity index (χ1) is 12.7. The molecule has 4 heteroatoms. The number of fused-ring (bicyclic) bond motifs is 1. The predicted molar refractivity (Wildman–Crippen MR) is 105 cm³/mol. The molecule has 0 spiro atoms. The Kier molecular flexibility index (Phi) is 4.83. The van der Waals surface area contributed by atoms with Gasteiger partial charge in [-0.1, -0.05) is 60.7 Å². The van der Waals surface area contributed by atoms with Gasteiger partial charge in [-0.25, -0.2) is 0 Å². The van der Waals surface area contributed by atoms with Crippen molar-refractivity contribution in [2.24, 2.45) is 5.41 Å². The highest BCUT2D eigenvalue weighted by molar-refractivity contribution is 6.19. The average molecular weight is 361 g/mol. The SMILES string of the molecule is CC(C)(C)NC(=O)C1(/C=C/C(=O)c2ccccc2)Cc2ccccc2C1=O. The normalized spacial score (nSPS) is 19.1. The van der Waals surface area contributed by atoms with Crippen molar-refractivity contribution in [2.75, 3.05) is 0 Å². The number of amides is 1. The predicted octanol–water partition coefficient (Wildman–Crippen LogP) is 3.77. The van der Waals surface area contributed by atoms with Gasteiger partial charge >= 0.3 is 0 Å². The molecule has 0 saturated heterocycles. The van der Waals surface area contributed by atoms with Crippen molar-refractivity contribution >= 4 is 17.5 Å². The van der Waals surface area contributed by atoms with Crippen LogP contribution in [0.3, 0.4) is 0 Å². The van der Waals surface area contributed by atoms with Crippen LogP contribution in [-0.2, 0) is 11.2 Å². The minimum Gasteiger partial charge on any atom is -0.350 e. The third-order valence-electron chi connectivity index (χ3n) is 4.61. The zero-order valence-electron chi connectivity index (χ0n) is 15.8. The van der Waals surface area contributed by atoms with Crippen LogP contribution in [0.4, 0.5) is 0 Å². The summed E-state index contributed by atoms with van der Waals surface area (Å²) in [6.07, 6.45) is 3.08. The van der Waals surface area contributed by atoms with E-state index in [4.69, 9.17) is 0 Å². The maximum atomic E-state index is 13.2. The van der Waals surface area contributed by atoms with Crippen molar-refractivity contribution in [1.29, 1.82) is 0 Å². The number of hydrogen-bond donors (Lipinski definition) is 1. The van der Waals surface area contributed by atoms with Crippen molar-refractivity contribution in [3.8, 4) is 0 Å². The summed E-state index contributed by atoms with van der Waals surface area (Å²) in [5.74, 6) is -0.882. The van der Waals surface area contributed by atoms with Gasteiger partial charge in [-0.15, -0.1) is 0 Å². The van der Waals surface area contributed by atoms with Crippen molar-refractivity contribution in [1.82, 2.24) is 5.32 Å². The summed E-state index contributed by atoms with van der Waals surface area (Å²) in [6, 6.07) is 16.0. The molecule has 1 atom stereocenters. The van der Waals surface area contributed by atoms with Crippen LogP contribution in [0.2, 0.25) is 0 Å². The number of carbonyl (C=O) groups excluding carboxylic acids is 3. The van der Waals surface area contributed by atoms with E-state index < -0.39 is 11.0 Å². The average Bonchev–Trinajstić information content (AvgIpc) is 2.93. The molecule has 1 unspecified atom stereocenters.